The summed E-state index contributed by atoms with van der Waals surface area (Å²) < 4.78 is 1.74. The largest absolute Gasteiger partial charge is 0.324 e. The van der Waals surface area contributed by atoms with Crippen LogP contribution in [0, 0.1) is 13.8 Å². The first-order valence-electron chi connectivity index (χ1n) is 7.54. The number of nitrogens with zero attached hydrogens (tertiary/aromatic N) is 3. The number of halogens is 1. The molecule has 2 aromatic rings. The number of aryl methyl sites for hydroxylation is 2. The van der Waals surface area contributed by atoms with Crippen molar-refractivity contribution in [3.8, 4) is 0 Å². The Hall–Kier alpha value is -1.85. The molecule has 1 amide bonds. The van der Waals surface area contributed by atoms with Crippen LogP contribution in [0.15, 0.2) is 24.3 Å². The minimum Gasteiger partial charge on any atom is -0.324 e. The molecule has 1 unspecified atom stereocenters. The maximum atomic E-state index is 12.5. The third kappa shape index (κ3) is 4.33. The lowest BCUT2D eigenvalue weighted by atomic mass is 10.2. The molecular weight excluding hydrogens is 312 g/mol. The van der Waals surface area contributed by atoms with Gasteiger partial charge in [0.2, 0.25) is 5.91 Å². The van der Waals surface area contributed by atoms with Gasteiger partial charge in [0, 0.05) is 22.9 Å². The molecule has 0 saturated heterocycles. The fourth-order valence-electron chi connectivity index (χ4n) is 2.51. The van der Waals surface area contributed by atoms with Crippen molar-refractivity contribution in [2.45, 2.75) is 33.4 Å². The maximum absolute atomic E-state index is 12.5. The molecule has 23 heavy (non-hydrogen) atoms. The third-order valence-electron chi connectivity index (χ3n) is 3.59. The molecule has 0 aliphatic heterocycles. The second-order valence-corrected chi connectivity index (χ2v) is 6.49. The topological polar surface area (TPSA) is 50.2 Å². The molecule has 0 aliphatic rings. The van der Waals surface area contributed by atoms with E-state index in [4.69, 9.17) is 11.6 Å². The molecule has 1 aromatic heterocycles. The van der Waals surface area contributed by atoms with Gasteiger partial charge in [-0.3, -0.25) is 9.48 Å². The highest BCUT2D eigenvalue weighted by molar-refractivity contribution is 6.31. The average Bonchev–Trinajstić information content (AvgIpc) is 2.80. The van der Waals surface area contributed by atoms with Gasteiger partial charge in [-0.1, -0.05) is 11.6 Å². The highest BCUT2D eigenvalue weighted by atomic mass is 35.5. The molecule has 0 bridgehead atoms. The summed E-state index contributed by atoms with van der Waals surface area (Å²) in [5, 5.41) is 8.01. The van der Waals surface area contributed by atoms with Gasteiger partial charge in [-0.05, 0) is 64.7 Å². The first kappa shape index (κ1) is 17.5. The number of anilines is 1. The number of carbonyl (C=O) groups is 1. The number of amides is 1. The third-order valence-corrected chi connectivity index (χ3v) is 3.96. The van der Waals surface area contributed by atoms with Crippen LogP contribution in [0.3, 0.4) is 0 Å². The van der Waals surface area contributed by atoms with Gasteiger partial charge in [-0.2, -0.15) is 5.10 Å². The number of benzene rings is 1. The van der Waals surface area contributed by atoms with E-state index in [-0.39, 0.29) is 11.9 Å². The fraction of sp³-hybridized carbons (Fsp3) is 0.412. The lowest BCUT2D eigenvalue weighted by molar-refractivity contribution is -0.119. The quantitative estimate of drug-likeness (QED) is 0.911. The summed E-state index contributed by atoms with van der Waals surface area (Å²) >= 11 is 6.21. The Morgan fingerprint density at radius 2 is 2.04 bits per heavy atom. The molecule has 2 rings (SSSR count). The van der Waals surface area contributed by atoms with Gasteiger partial charge in [0.15, 0.2) is 0 Å². The van der Waals surface area contributed by atoms with Crippen LogP contribution in [0.5, 0.6) is 0 Å². The van der Waals surface area contributed by atoms with E-state index in [0.29, 0.717) is 5.02 Å². The van der Waals surface area contributed by atoms with Crippen LogP contribution in [-0.2, 0) is 11.3 Å². The Morgan fingerprint density at radius 3 is 2.61 bits per heavy atom. The van der Waals surface area contributed by atoms with Gasteiger partial charge in [0.05, 0.1) is 5.69 Å². The summed E-state index contributed by atoms with van der Waals surface area (Å²) in [4.78, 5) is 14.5. The highest BCUT2D eigenvalue weighted by Gasteiger charge is 2.18. The molecule has 0 radical (unpaired) electrons. The normalized spacial score (nSPS) is 12.5. The zero-order chi connectivity index (χ0) is 17.1. The van der Waals surface area contributed by atoms with Crippen molar-refractivity contribution in [1.29, 1.82) is 0 Å². The van der Waals surface area contributed by atoms with E-state index >= 15 is 0 Å². The van der Waals surface area contributed by atoms with Crippen LogP contribution < -0.4 is 5.32 Å². The fourth-order valence-corrected chi connectivity index (χ4v) is 2.69. The second-order valence-electron chi connectivity index (χ2n) is 6.08. The molecule has 1 atom stereocenters. The van der Waals surface area contributed by atoms with Crippen molar-refractivity contribution < 1.29 is 4.79 Å². The maximum Gasteiger partial charge on any atom is 0.248 e. The Kier molecular flexibility index (Phi) is 5.44. The Bertz CT molecular complexity index is 709. The molecular formula is C17H23ClN4O. The SMILES string of the molecule is Cc1cc(C)n(C(C)C(=O)Nc2ccc(Cl)c(CN(C)C)c2)n1. The van der Waals surface area contributed by atoms with Crippen molar-refractivity contribution in [2.24, 2.45) is 0 Å². The molecule has 1 aromatic carbocycles. The van der Waals surface area contributed by atoms with Gasteiger partial charge in [-0.15, -0.1) is 0 Å². The summed E-state index contributed by atoms with van der Waals surface area (Å²) in [5.41, 5.74) is 3.59. The smallest absolute Gasteiger partial charge is 0.248 e. The van der Waals surface area contributed by atoms with Crippen molar-refractivity contribution in [3.63, 3.8) is 0 Å². The van der Waals surface area contributed by atoms with Crippen LogP contribution in [0.25, 0.3) is 0 Å². The lowest BCUT2D eigenvalue weighted by Gasteiger charge is -2.16. The molecule has 0 aliphatic carbocycles. The highest BCUT2D eigenvalue weighted by Crippen LogP contribution is 2.22. The monoisotopic (exact) mass is 334 g/mol. The van der Waals surface area contributed by atoms with Crippen molar-refractivity contribution in [3.05, 3.63) is 46.2 Å². The van der Waals surface area contributed by atoms with E-state index in [9.17, 15) is 4.79 Å². The van der Waals surface area contributed by atoms with Crippen molar-refractivity contribution >= 4 is 23.2 Å². The summed E-state index contributed by atoms with van der Waals surface area (Å²) in [6.45, 7) is 6.42. The number of rotatable bonds is 5. The number of hydrogen-bond donors (Lipinski definition) is 1. The molecule has 1 heterocycles. The van der Waals surface area contributed by atoms with Crippen LogP contribution in [0.2, 0.25) is 5.02 Å². The molecule has 1 N–H and O–H groups in total. The predicted octanol–water partition coefficient (Wildman–Crippen LogP) is 3.41. The minimum atomic E-state index is -0.378. The Labute approximate surface area is 142 Å². The van der Waals surface area contributed by atoms with Gasteiger partial charge in [-0.25, -0.2) is 0 Å². The number of hydrogen-bond acceptors (Lipinski definition) is 3. The first-order chi connectivity index (χ1) is 10.8. The van der Waals surface area contributed by atoms with Gasteiger partial charge in [0.1, 0.15) is 6.04 Å². The molecule has 6 heteroatoms. The van der Waals surface area contributed by atoms with Gasteiger partial charge in [0.25, 0.3) is 0 Å². The standard InChI is InChI=1S/C17H23ClN4O/c1-11-8-12(2)22(20-11)13(3)17(23)19-15-6-7-16(18)14(9-15)10-21(4)5/h6-9,13H,10H2,1-5H3,(H,19,23). The summed E-state index contributed by atoms with van der Waals surface area (Å²) in [5.74, 6) is -0.102. The second kappa shape index (κ2) is 7.15. The minimum absolute atomic E-state index is 0.102. The molecule has 0 fully saturated rings. The van der Waals surface area contributed by atoms with Crippen molar-refractivity contribution in [1.82, 2.24) is 14.7 Å². The zero-order valence-corrected chi connectivity index (χ0v) is 15.0. The summed E-state index contributed by atoms with van der Waals surface area (Å²) in [6.07, 6.45) is 0. The predicted molar refractivity (Wildman–Crippen MR) is 93.9 cm³/mol. The molecule has 5 nitrogen and oxygen atoms in total. The van der Waals surface area contributed by atoms with E-state index < -0.39 is 0 Å². The first-order valence-corrected chi connectivity index (χ1v) is 7.92. The van der Waals surface area contributed by atoms with E-state index in [1.165, 1.54) is 0 Å². The van der Waals surface area contributed by atoms with E-state index in [1.807, 2.05) is 64.0 Å². The van der Waals surface area contributed by atoms with Crippen LogP contribution in [-0.4, -0.2) is 34.7 Å². The van der Waals surface area contributed by atoms with E-state index in [1.54, 1.807) is 4.68 Å². The number of aromatic nitrogens is 2. The van der Waals surface area contributed by atoms with Crippen LogP contribution in [0.1, 0.15) is 29.9 Å². The van der Waals surface area contributed by atoms with Crippen LogP contribution >= 0.6 is 11.6 Å². The van der Waals surface area contributed by atoms with Crippen LogP contribution in [0.4, 0.5) is 5.69 Å². The van der Waals surface area contributed by atoms with E-state index in [2.05, 4.69) is 10.4 Å². The molecule has 124 valence electrons. The van der Waals surface area contributed by atoms with Gasteiger partial charge >= 0.3 is 0 Å². The molecule has 0 saturated carbocycles. The van der Waals surface area contributed by atoms with Crippen molar-refractivity contribution in [2.75, 3.05) is 19.4 Å². The summed E-state index contributed by atoms with van der Waals surface area (Å²) in [6, 6.07) is 7.11. The number of nitrogens with one attached hydrogen (secondary N) is 1. The van der Waals surface area contributed by atoms with E-state index in [0.717, 1.165) is 29.2 Å². The lowest BCUT2D eigenvalue weighted by Crippen LogP contribution is -2.25. The number of carbonyl (C=O) groups excluding carboxylic acids is 1. The average molecular weight is 335 g/mol. The Morgan fingerprint density at radius 1 is 1.35 bits per heavy atom. The summed E-state index contributed by atoms with van der Waals surface area (Å²) in [7, 11) is 3.96. The van der Waals surface area contributed by atoms with Gasteiger partial charge < -0.3 is 10.2 Å². The molecule has 0 spiro atoms. The Balaban J connectivity index is 2.15. The zero-order valence-electron chi connectivity index (χ0n) is 14.2.